The van der Waals surface area contributed by atoms with Crippen LogP contribution in [-0.2, 0) is 27.4 Å². The van der Waals surface area contributed by atoms with Gasteiger partial charge in [0.1, 0.15) is 17.5 Å². The van der Waals surface area contributed by atoms with Gasteiger partial charge in [0.05, 0.1) is 23.9 Å². The van der Waals surface area contributed by atoms with Crippen LogP contribution >= 0.6 is 11.3 Å². The van der Waals surface area contributed by atoms with E-state index in [2.05, 4.69) is 22.1 Å². The average molecular weight is 420 g/mol. The number of amides is 1. The van der Waals surface area contributed by atoms with Crippen LogP contribution in [0.1, 0.15) is 27.6 Å². The standard InChI is InChI=1S/C21H26FN3O3S/c1-14-19(29-15(2)24-14)11-25-7-8-28-21(12-25)9-18(27-13-21)20(26)23-10-16-3-5-17(22)6-4-16/h3-6,18H,7-13H2,1-2H3,(H,23,26). The van der Waals surface area contributed by atoms with E-state index in [0.717, 1.165) is 35.9 Å². The minimum atomic E-state index is -0.525. The van der Waals surface area contributed by atoms with E-state index in [-0.39, 0.29) is 11.7 Å². The third-order valence-electron chi connectivity index (χ3n) is 5.47. The monoisotopic (exact) mass is 419 g/mol. The highest BCUT2D eigenvalue weighted by molar-refractivity contribution is 7.11. The van der Waals surface area contributed by atoms with Crippen LogP contribution < -0.4 is 5.32 Å². The third-order valence-corrected chi connectivity index (χ3v) is 6.53. The van der Waals surface area contributed by atoms with Crippen molar-refractivity contribution in [2.75, 3.05) is 26.3 Å². The van der Waals surface area contributed by atoms with Crippen molar-refractivity contribution in [3.8, 4) is 0 Å². The predicted molar refractivity (Wildman–Crippen MR) is 108 cm³/mol. The lowest BCUT2D eigenvalue weighted by atomic mass is 9.97. The van der Waals surface area contributed by atoms with Crippen molar-refractivity contribution in [3.63, 3.8) is 0 Å². The Balaban J connectivity index is 1.32. The van der Waals surface area contributed by atoms with Crippen LogP contribution in [0.15, 0.2) is 24.3 Å². The summed E-state index contributed by atoms with van der Waals surface area (Å²) in [6, 6.07) is 6.11. The first-order valence-corrected chi connectivity index (χ1v) is 10.7. The van der Waals surface area contributed by atoms with E-state index in [4.69, 9.17) is 9.47 Å². The molecule has 2 fully saturated rings. The highest BCUT2D eigenvalue weighted by Crippen LogP contribution is 2.32. The Morgan fingerprint density at radius 2 is 2.17 bits per heavy atom. The minimum Gasteiger partial charge on any atom is -0.370 e. The summed E-state index contributed by atoms with van der Waals surface area (Å²) in [6.45, 7) is 7.93. The van der Waals surface area contributed by atoms with E-state index in [0.29, 0.717) is 26.2 Å². The molecule has 6 nitrogen and oxygen atoms in total. The van der Waals surface area contributed by atoms with E-state index in [1.165, 1.54) is 17.0 Å². The first kappa shape index (κ1) is 20.4. The van der Waals surface area contributed by atoms with Gasteiger partial charge in [-0.25, -0.2) is 9.37 Å². The highest BCUT2D eigenvalue weighted by atomic mass is 32.1. The van der Waals surface area contributed by atoms with Crippen LogP contribution in [-0.4, -0.2) is 53.8 Å². The second-order valence-electron chi connectivity index (χ2n) is 7.83. The van der Waals surface area contributed by atoms with Gasteiger partial charge >= 0.3 is 0 Å². The fourth-order valence-electron chi connectivity index (χ4n) is 3.97. The lowest BCUT2D eigenvalue weighted by molar-refractivity contribution is -0.130. The van der Waals surface area contributed by atoms with Crippen LogP contribution in [0.2, 0.25) is 0 Å². The number of carbonyl (C=O) groups is 1. The number of nitrogens with zero attached hydrogens (tertiary/aromatic N) is 2. The Kier molecular flexibility index (Phi) is 5.96. The second kappa shape index (κ2) is 8.47. The van der Waals surface area contributed by atoms with Gasteiger partial charge in [0.25, 0.3) is 0 Å². The van der Waals surface area contributed by atoms with Crippen LogP contribution in [0.3, 0.4) is 0 Å². The zero-order valence-corrected chi connectivity index (χ0v) is 17.6. The average Bonchev–Trinajstić information content (AvgIpc) is 3.24. The Morgan fingerprint density at radius 1 is 1.38 bits per heavy atom. The number of aryl methyl sites for hydroxylation is 2. The van der Waals surface area contributed by atoms with Crippen molar-refractivity contribution >= 4 is 17.2 Å². The number of carbonyl (C=O) groups excluding carboxylic acids is 1. The van der Waals surface area contributed by atoms with Gasteiger partial charge in [-0.3, -0.25) is 9.69 Å². The van der Waals surface area contributed by atoms with Crippen LogP contribution in [0, 0.1) is 19.7 Å². The Morgan fingerprint density at radius 3 is 2.90 bits per heavy atom. The number of hydrogen-bond acceptors (Lipinski definition) is 6. The number of morpholine rings is 1. The summed E-state index contributed by atoms with van der Waals surface area (Å²) in [6.07, 6.45) is 0.0159. The molecule has 1 amide bonds. The van der Waals surface area contributed by atoms with Crippen LogP contribution in [0.4, 0.5) is 4.39 Å². The maximum Gasteiger partial charge on any atom is 0.249 e. The fourth-order valence-corrected chi connectivity index (χ4v) is 4.95. The lowest BCUT2D eigenvalue weighted by Gasteiger charge is -2.39. The molecule has 2 unspecified atom stereocenters. The Hall–Kier alpha value is -1.87. The Labute approximate surface area is 174 Å². The van der Waals surface area contributed by atoms with Gasteiger partial charge in [0.2, 0.25) is 5.91 Å². The summed E-state index contributed by atoms with van der Waals surface area (Å²) in [4.78, 5) is 20.7. The molecule has 2 atom stereocenters. The second-order valence-corrected chi connectivity index (χ2v) is 9.12. The van der Waals surface area contributed by atoms with Gasteiger partial charge in [0, 0.05) is 37.5 Å². The van der Waals surface area contributed by atoms with Crippen molar-refractivity contribution in [2.45, 2.75) is 45.1 Å². The molecule has 1 N–H and O–H groups in total. The lowest BCUT2D eigenvalue weighted by Crippen LogP contribution is -2.52. The van der Waals surface area contributed by atoms with E-state index >= 15 is 0 Å². The van der Waals surface area contributed by atoms with Gasteiger partial charge < -0.3 is 14.8 Å². The molecule has 1 spiro atoms. The van der Waals surface area contributed by atoms with Gasteiger partial charge in [-0.2, -0.15) is 0 Å². The molecule has 1 aromatic heterocycles. The molecule has 0 saturated carbocycles. The summed E-state index contributed by atoms with van der Waals surface area (Å²) in [5, 5.41) is 3.97. The molecular weight excluding hydrogens is 393 g/mol. The number of benzene rings is 1. The van der Waals surface area contributed by atoms with Crippen LogP contribution in [0.25, 0.3) is 0 Å². The normalized spacial score (nSPS) is 24.9. The zero-order valence-electron chi connectivity index (χ0n) is 16.7. The maximum absolute atomic E-state index is 13.0. The molecule has 156 valence electrons. The van der Waals surface area contributed by atoms with E-state index in [9.17, 15) is 9.18 Å². The molecule has 29 heavy (non-hydrogen) atoms. The van der Waals surface area contributed by atoms with Gasteiger partial charge in [-0.05, 0) is 31.5 Å². The molecule has 2 aliphatic heterocycles. The molecule has 4 rings (SSSR count). The topological polar surface area (TPSA) is 63.7 Å². The number of rotatable bonds is 5. The summed E-state index contributed by atoms with van der Waals surface area (Å²) >= 11 is 1.74. The number of aromatic nitrogens is 1. The molecule has 2 aromatic rings. The smallest absolute Gasteiger partial charge is 0.249 e. The number of nitrogens with one attached hydrogen (secondary N) is 1. The predicted octanol–water partition coefficient (Wildman–Crippen LogP) is 2.58. The Bertz CT molecular complexity index is 873. The molecule has 3 heterocycles. The quantitative estimate of drug-likeness (QED) is 0.807. The van der Waals surface area contributed by atoms with Crippen molar-refractivity contribution in [3.05, 3.63) is 51.2 Å². The SMILES string of the molecule is Cc1nc(C)c(CN2CCOC3(COC(C(=O)NCc4ccc(F)cc4)C3)C2)s1. The molecule has 0 aliphatic carbocycles. The van der Waals surface area contributed by atoms with Crippen molar-refractivity contribution in [2.24, 2.45) is 0 Å². The molecule has 2 saturated heterocycles. The van der Waals surface area contributed by atoms with Gasteiger partial charge in [-0.1, -0.05) is 12.1 Å². The van der Waals surface area contributed by atoms with E-state index in [1.807, 2.05) is 6.92 Å². The molecular formula is C21H26FN3O3S. The van der Waals surface area contributed by atoms with E-state index < -0.39 is 11.7 Å². The van der Waals surface area contributed by atoms with Crippen molar-refractivity contribution in [1.82, 2.24) is 15.2 Å². The molecule has 0 bridgehead atoms. The largest absolute Gasteiger partial charge is 0.370 e. The summed E-state index contributed by atoms with van der Waals surface area (Å²) in [5.41, 5.74) is 1.50. The highest BCUT2D eigenvalue weighted by Gasteiger charge is 2.46. The number of hydrogen-bond donors (Lipinski definition) is 1. The number of ether oxygens (including phenoxy) is 2. The maximum atomic E-state index is 13.0. The third kappa shape index (κ3) is 4.83. The summed E-state index contributed by atoms with van der Waals surface area (Å²) in [7, 11) is 0. The molecule has 1 aromatic carbocycles. The summed E-state index contributed by atoms with van der Waals surface area (Å²) in [5.74, 6) is -0.440. The first-order valence-electron chi connectivity index (χ1n) is 9.85. The first-order chi connectivity index (χ1) is 13.9. The fraction of sp³-hybridized carbons (Fsp3) is 0.524. The number of halogens is 1. The minimum absolute atomic E-state index is 0.152. The van der Waals surface area contributed by atoms with Gasteiger partial charge in [0.15, 0.2) is 0 Å². The van der Waals surface area contributed by atoms with Crippen molar-refractivity contribution in [1.29, 1.82) is 0 Å². The molecule has 0 radical (unpaired) electrons. The molecule has 2 aliphatic rings. The number of thiazole rings is 1. The van der Waals surface area contributed by atoms with E-state index in [1.54, 1.807) is 23.5 Å². The molecule has 8 heteroatoms. The summed E-state index contributed by atoms with van der Waals surface area (Å²) < 4.78 is 24.9. The zero-order chi connectivity index (χ0) is 20.4. The van der Waals surface area contributed by atoms with Gasteiger partial charge in [-0.15, -0.1) is 11.3 Å². The van der Waals surface area contributed by atoms with Crippen molar-refractivity contribution < 1.29 is 18.7 Å². The van der Waals surface area contributed by atoms with Crippen LogP contribution in [0.5, 0.6) is 0 Å².